The molecule has 0 saturated carbocycles. The third-order valence-electron chi connectivity index (χ3n) is 2.87. The standard InChI is InChI=1S/C13H11F3O/c1-12(17,13(14,15)16)11-8-4-6-9-5-2-3-7-10(9)11/h2-8,17H,1H3/t12-/m1/s1. The lowest BCUT2D eigenvalue weighted by molar-refractivity contribution is -0.258. The molecule has 0 aliphatic carbocycles. The van der Waals surface area contributed by atoms with Crippen molar-refractivity contribution in [2.45, 2.75) is 18.7 Å². The third-order valence-corrected chi connectivity index (χ3v) is 2.87. The Morgan fingerprint density at radius 3 is 2.18 bits per heavy atom. The van der Waals surface area contributed by atoms with Crippen molar-refractivity contribution in [2.24, 2.45) is 0 Å². The lowest BCUT2D eigenvalue weighted by Crippen LogP contribution is -2.39. The summed E-state index contributed by atoms with van der Waals surface area (Å²) in [6, 6.07) is 11.2. The maximum Gasteiger partial charge on any atom is 0.421 e. The van der Waals surface area contributed by atoms with Crippen molar-refractivity contribution in [3.05, 3.63) is 48.0 Å². The Kier molecular flexibility index (Phi) is 2.62. The van der Waals surface area contributed by atoms with Crippen LogP contribution in [0.2, 0.25) is 0 Å². The summed E-state index contributed by atoms with van der Waals surface area (Å²) in [4.78, 5) is 0. The largest absolute Gasteiger partial charge is 0.421 e. The van der Waals surface area contributed by atoms with Crippen molar-refractivity contribution in [3.8, 4) is 0 Å². The van der Waals surface area contributed by atoms with Crippen LogP contribution < -0.4 is 0 Å². The molecule has 1 N–H and O–H groups in total. The van der Waals surface area contributed by atoms with E-state index in [9.17, 15) is 18.3 Å². The zero-order valence-corrected chi connectivity index (χ0v) is 9.12. The quantitative estimate of drug-likeness (QED) is 0.807. The molecular weight excluding hydrogens is 229 g/mol. The highest BCUT2D eigenvalue weighted by atomic mass is 19.4. The smallest absolute Gasteiger partial charge is 0.376 e. The predicted octanol–water partition coefficient (Wildman–Crippen LogP) is 3.61. The van der Waals surface area contributed by atoms with Gasteiger partial charge in [0.2, 0.25) is 0 Å². The van der Waals surface area contributed by atoms with E-state index < -0.39 is 11.8 Å². The lowest BCUT2D eigenvalue weighted by atomic mass is 9.90. The monoisotopic (exact) mass is 240 g/mol. The SMILES string of the molecule is C[C@@](O)(c1cccc2ccccc12)C(F)(F)F. The van der Waals surface area contributed by atoms with E-state index in [0.717, 1.165) is 6.92 Å². The minimum atomic E-state index is -4.70. The number of hydrogen-bond acceptors (Lipinski definition) is 1. The molecule has 1 atom stereocenters. The second kappa shape index (κ2) is 3.74. The van der Waals surface area contributed by atoms with Crippen molar-refractivity contribution < 1.29 is 18.3 Å². The number of fused-ring (bicyclic) bond motifs is 1. The number of hydrogen-bond donors (Lipinski definition) is 1. The first kappa shape index (κ1) is 11.9. The van der Waals surface area contributed by atoms with Gasteiger partial charge in [0.05, 0.1) is 0 Å². The van der Waals surface area contributed by atoms with Crippen molar-refractivity contribution in [3.63, 3.8) is 0 Å². The average molecular weight is 240 g/mol. The molecule has 17 heavy (non-hydrogen) atoms. The summed E-state index contributed by atoms with van der Waals surface area (Å²) in [5.74, 6) is 0. The van der Waals surface area contributed by atoms with Crippen LogP contribution in [0.5, 0.6) is 0 Å². The van der Waals surface area contributed by atoms with Crippen LogP contribution in [0.3, 0.4) is 0 Å². The molecule has 0 aliphatic rings. The van der Waals surface area contributed by atoms with Gasteiger partial charge in [-0.15, -0.1) is 0 Å². The summed E-state index contributed by atoms with van der Waals surface area (Å²) in [6.07, 6.45) is -4.70. The maximum atomic E-state index is 12.8. The number of aliphatic hydroxyl groups is 1. The highest BCUT2D eigenvalue weighted by Crippen LogP contribution is 2.41. The number of alkyl halides is 3. The van der Waals surface area contributed by atoms with E-state index in [4.69, 9.17) is 0 Å². The molecule has 0 unspecified atom stereocenters. The maximum absolute atomic E-state index is 12.8. The van der Waals surface area contributed by atoms with Crippen molar-refractivity contribution in [2.75, 3.05) is 0 Å². The average Bonchev–Trinajstić information content (AvgIpc) is 2.26. The van der Waals surface area contributed by atoms with Crippen LogP contribution in [-0.2, 0) is 5.60 Å². The summed E-state index contributed by atoms with van der Waals surface area (Å²) in [7, 11) is 0. The van der Waals surface area contributed by atoms with E-state index in [-0.39, 0.29) is 5.56 Å². The molecule has 0 bridgehead atoms. The van der Waals surface area contributed by atoms with Crippen LogP contribution in [0.1, 0.15) is 12.5 Å². The lowest BCUT2D eigenvalue weighted by Gasteiger charge is -2.27. The summed E-state index contributed by atoms with van der Waals surface area (Å²) >= 11 is 0. The first-order valence-corrected chi connectivity index (χ1v) is 5.11. The van der Waals surface area contributed by atoms with Crippen LogP contribution in [0.25, 0.3) is 10.8 Å². The zero-order chi connectivity index (χ0) is 12.7. The van der Waals surface area contributed by atoms with E-state index in [0.29, 0.717) is 10.8 Å². The zero-order valence-electron chi connectivity index (χ0n) is 9.12. The number of rotatable bonds is 1. The van der Waals surface area contributed by atoms with Gasteiger partial charge in [-0.2, -0.15) is 13.2 Å². The number of benzene rings is 2. The van der Waals surface area contributed by atoms with Crippen molar-refractivity contribution in [1.82, 2.24) is 0 Å². The fraction of sp³-hybridized carbons (Fsp3) is 0.231. The highest BCUT2D eigenvalue weighted by Gasteiger charge is 2.51. The molecular formula is C13H11F3O. The minimum Gasteiger partial charge on any atom is -0.376 e. The van der Waals surface area contributed by atoms with Gasteiger partial charge in [0.15, 0.2) is 5.60 Å². The van der Waals surface area contributed by atoms with Gasteiger partial charge >= 0.3 is 6.18 Å². The van der Waals surface area contributed by atoms with Crippen LogP contribution in [0, 0.1) is 0 Å². The van der Waals surface area contributed by atoms with Gasteiger partial charge < -0.3 is 5.11 Å². The Morgan fingerprint density at radius 1 is 0.941 bits per heavy atom. The fourth-order valence-electron chi connectivity index (χ4n) is 1.80. The number of halogens is 3. The Morgan fingerprint density at radius 2 is 1.53 bits per heavy atom. The summed E-state index contributed by atoms with van der Waals surface area (Å²) in [5.41, 5.74) is -2.96. The van der Waals surface area contributed by atoms with Crippen LogP contribution in [0.15, 0.2) is 42.5 Å². The Bertz CT molecular complexity index is 538. The third kappa shape index (κ3) is 1.89. The van der Waals surface area contributed by atoms with Crippen LogP contribution in [0.4, 0.5) is 13.2 Å². The molecule has 2 aromatic rings. The second-order valence-electron chi connectivity index (χ2n) is 4.10. The first-order valence-electron chi connectivity index (χ1n) is 5.11. The van der Waals surface area contributed by atoms with E-state index in [1.807, 2.05) is 0 Å². The molecule has 90 valence electrons. The van der Waals surface area contributed by atoms with Gasteiger partial charge in [-0.1, -0.05) is 42.5 Å². The first-order chi connectivity index (χ1) is 7.84. The molecule has 4 heteroatoms. The molecule has 2 rings (SSSR count). The van der Waals surface area contributed by atoms with E-state index in [1.54, 1.807) is 30.3 Å². The van der Waals surface area contributed by atoms with Crippen molar-refractivity contribution in [1.29, 1.82) is 0 Å². The molecule has 1 nitrogen and oxygen atoms in total. The molecule has 0 heterocycles. The van der Waals surface area contributed by atoms with Gasteiger partial charge in [0.25, 0.3) is 0 Å². The molecule has 0 radical (unpaired) electrons. The van der Waals surface area contributed by atoms with E-state index in [2.05, 4.69) is 0 Å². The summed E-state index contributed by atoms with van der Waals surface area (Å²) in [6.45, 7) is 0.773. The van der Waals surface area contributed by atoms with Crippen LogP contribution >= 0.6 is 0 Å². The molecule has 0 aliphatic heterocycles. The second-order valence-corrected chi connectivity index (χ2v) is 4.10. The topological polar surface area (TPSA) is 20.2 Å². The van der Waals surface area contributed by atoms with Gasteiger partial charge in [-0.05, 0) is 17.7 Å². The molecule has 0 fully saturated rings. The highest BCUT2D eigenvalue weighted by molar-refractivity contribution is 5.86. The van der Waals surface area contributed by atoms with Gasteiger partial charge in [-0.3, -0.25) is 0 Å². The fourth-order valence-corrected chi connectivity index (χ4v) is 1.80. The Balaban J connectivity index is 2.72. The molecule has 0 amide bonds. The van der Waals surface area contributed by atoms with E-state index in [1.165, 1.54) is 12.1 Å². The summed E-state index contributed by atoms with van der Waals surface area (Å²) in [5, 5.41) is 10.8. The van der Waals surface area contributed by atoms with Gasteiger partial charge in [-0.25, -0.2) is 0 Å². The molecule has 0 saturated heterocycles. The van der Waals surface area contributed by atoms with E-state index >= 15 is 0 Å². The molecule has 0 spiro atoms. The minimum absolute atomic E-state index is 0.122. The summed E-state index contributed by atoms with van der Waals surface area (Å²) < 4.78 is 38.4. The van der Waals surface area contributed by atoms with Crippen LogP contribution in [-0.4, -0.2) is 11.3 Å². The molecule has 0 aromatic heterocycles. The van der Waals surface area contributed by atoms with Crippen molar-refractivity contribution >= 4 is 10.8 Å². The molecule has 2 aromatic carbocycles. The normalized spacial score (nSPS) is 15.8. The Labute approximate surface area is 96.5 Å². The van der Waals surface area contributed by atoms with Gasteiger partial charge in [0.1, 0.15) is 0 Å². The Hall–Kier alpha value is -1.55. The van der Waals surface area contributed by atoms with Gasteiger partial charge in [0, 0.05) is 5.56 Å². The predicted molar refractivity (Wildman–Crippen MR) is 59.6 cm³/mol.